The number of carbonyl (C=O) groups is 2. The number of allylic oxidation sites excluding steroid dienone is 1. The molecule has 1 unspecified atom stereocenters. The molecule has 0 bridgehead atoms. The van der Waals surface area contributed by atoms with Crippen molar-refractivity contribution in [3.63, 3.8) is 0 Å². The van der Waals surface area contributed by atoms with Gasteiger partial charge in [0.25, 0.3) is 0 Å². The summed E-state index contributed by atoms with van der Waals surface area (Å²) in [6.07, 6.45) is 3.47. The van der Waals surface area contributed by atoms with Crippen LogP contribution in [0.5, 0.6) is 0 Å². The van der Waals surface area contributed by atoms with Crippen molar-refractivity contribution in [3.8, 4) is 0 Å². The van der Waals surface area contributed by atoms with Gasteiger partial charge < -0.3 is 5.11 Å². The SMILES string of the molecule is O=C1C=CC(C(=O)O)N=C1. The second-order valence-corrected chi connectivity index (χ2v) is 1.82. The molecule has 1 aliphatic rings. The number of dihydropyridines is 1. The summed E-state index contributed by atoms with van der Waals surface area (Å²) in [5.74, 6) is -1.31. The Morgan fingerprint density at radius 3 is 2.80 bits per heavy atom. The average molecular weight is 139 g/mol. The van der Waals surface area contributed by atoms with E-state index in [1.54, 1.807) is 0 Å². The van der Waals surface area contributed by atoms with Crippen LogP contribution in [0.2, 0.25) is 0 Å². The average Bonchev–Trinajstić information content (AvgIpc) is 1.88. The van der Waals surface area contributed by atoms with Crippen molar-refractivity contribution in [2.75, 3.05) is 0 Å². The van der Waals surface area contributed by atoms with E-state index in [1.165, 1.54) is 12.2 Å². The number of ketones is 1. The molecule has 0 aromatic rings. The van der Waals surface area contributed by atoms with Crippen LogP contribution in [-0.4, -0.2) is 29.1 Å². The third-order valence-electron chi connectivity index (χ3n) is 1.06. The molecule has 0 aromatic carbocycles. The molecule has 0 fully saturated rings. The maximum atomic E-state index is 10.4. The van der Waals surface area contributed by atoms with Gasteiger partial charge in [-0.15, -0.1) is 0 Å². The molecule has 0 amide bonds. The van der Waals surface area contributed by atoms with Crippen molar-refractivity contribution in [2.24, 2.45) is 4.99 Å². The molecule has 1 rings (SSSR count). The van der Waals surface area contributed by atoms with Gasteiger partial charge in [0.15, 0.2) is 11.8 Å². The highest BCUT2D eigenvalue weighted by Gasteiger charge is 2.14. The van der Waals surface area contributed by atoms with Gasteiger partial charge in [0, 0.05) is 0 Å². The Kier molecular flexibility index (Phi) is 1.62. The third-order valence-corrected chi connectivity index (χ3v) is 1.06. The maximum Gasteiger partial charge on any atom is 0.332 e. The molecule has 0 saturated carbocycles. The molecule has 0 spiro atoms. The van der Waals surface area contributed by atoms with Crippen LogP contribution in [0.15, 0.2) is 17.1 Å². The van der Waals surface area contributed by atoms with Crippen molar-refractivity contribution in [1.82, 2.24) is 0 Å². The predicted octanol–water partition coefficient (Wildman–Crippen LogP) is -0.351. The molecule has 1 atom stereocenters. The van der Waals surface area contributed by atoms with Crippen molar-refractivity contribution < 1.29 is 14.7 Å². The Bertz CT molecular complexity index is 213. The van der Waals surface area contributed by atoms with Crippen LogP contribution in [0.3, 0.4) is 0 Å². The molecule has 4 nitrogen and oxygen atoms in total. The molecular weight excluding hydrogens is 134 g/mol. The fourth-order valence-corrected chi connectivity index (χ4v) is 0.579. The fourth-order valence-electron chi connectivity index (χ4n) is 0.579. The quantitative estimate of drug-likeness (QED) is 0.539. The van der Waals surface area contributed by atoms with Gasteiger partial charge in [0.05, 0.1) is 6.21 Å². The van der Waals surface area contributed by atoms with Gasteiger partial charge in [-0.2, -0.15) is 0 Å². The molecule has 0 saturated heterocycles. The number of carboxylic acid groups (broad SMARTS) is 1. The standard InChI is InChI=1S/C6H5NO3/c8-4-1-2-5(6(9)10)7-3-4/h1-3,5H,(H,9,10). The predicted molar refractivity (Wildman–Crippen MR) is 34.1 cm³/mol. The minimum atomic E-state index is -1.04. The summed E-state index contributed by atoms with van der Waals surface area (Å²) in [7, 11) is 0. The van der Waals surface area contributed by atoms with E-state index in [1.807, 2.05) is 0 Å². The van der Waals surface area contributed by atoms with Gasteiger partial charge in [-0.3, -0.25) is 9.79 Å². The maximum absolute atomic E-state index is 10.4. The van der Waals surface area contributed by atoms with Crippen molar-refractivity contribution >= 4 is 18.0 Å². The third kappa shape index (κ3) is 1.28. The lowest BCUT2D eigenvalue weighted by Crippen LogP contribution is -2.19. The van der Waals surface area contributed by atoms with E-state index < -0.39 is 12.0 Å². The van der Waals surface area contributed by atoms with E-state index in [9.17, 15) is 9.59 Å². The van der Waals surface area contributed by atoms with Gasteiger partial charge in [-0.25, -0.2) is 4.79 Å². The first-order valence-electron chi connectivity index (χ1n) is 2.68. The number of aliphatic carboxylic acids is 1. The van der Waals surface area contributed by atoms with Crippen molar-refractivity contribution in [3.05, 3.63) is 12.2 Å². The Morgan fingerprint density at radius 2 is 2.40 bits per heavy atom. The van der Waals surface area contributed by atoms with Crippen LogP contribution in [0.1, 0.15) is 0 Å². The van der Waals surface area contributed by atoms with Gasteiger partial charge in [-0.1, -0.05) is 0 Å². The zero-order chi connectivity index (χ0) is 7.56. The van der Waals surface area contributed by atoms with Crippen LogP contribution in [0.25, 0.3) is 0 Å². The number of rotatable bonds is 1. The van der Waals surface area contributed by atoms with E-state index in [4.69, 9.17) is 5.11 Å². The molecule has 4 heteroatoms. The number of carbonyl (C=O) groups excluding carboxylic acids is 1. The highest BCUT2D eigenvalue weighted by molar-refractivity contribution is 6.33. The first kappa shape index (κ1) is 6.67. The lowest BCUT2D eigenvalue weighted by Gasteiger charge is -2.02. The van der Waals surface area contributed by atoms with Crippen LogP contribution in [-0.2, 0) is 9.59 Å². The number of carboxylic acids is 1. The summed E-state index contributed by atoms with van der Waals surface area (Å²) in [5, 5.41) is 8.35. The molecule has 0 aromatic heterocycles. The highest BCUT2D eigenvalue weighted by atomic mass is 16.4. The summed E-state index contributed by atoms with van der Waals surface area (Å²) < 4.78 is 0. The molecule has 1 aliphatic heterocycles. The van der Waals surface area contributed by atoms with E-state index in [-0.39, 0.29) is 5.78 Å². The van der Waals surface area contributed by atoms with E-state index in [0.717, 1.165) is 6.21 Å². The molecule has 0 aliphatic carbocycles. The van der Waals surface area contributed by atoms with Crippen LogP contribution >= 0.6 is 0 Å². The van der Waals surface area contributed by atoms with E-state index in [2.05, 4.69) is 4.99 Å². The van der Waals surface area contributed by atoms with Gasteiger partial charge >= 0.3 is 5.97 Å². The van der Waals surface area contributed by atoms with Crippen LogP contribution in [0.4, 0.5) is 0 Å². The minimum Gasteiger partial charge on any atom is -0.479 e. The van der Waals surface area contributed by atoms with Gasteiger partial charge in [-0.05, 0) is 12.2 Å². The van der Waals surface area contributed by atoms with Crippen molar-refractivity contribution in [1.29, 1.82) is 0 Å². The largest absolute Gasteiger partial charge is 0.479 e. The van der Waals surface area contributed by atoms with Gasteiger partial charge in [0.2, 0.25) is 0 Å². The second kappa shape index (κ2) is 2.43. The van der Waals surface area contributed by atoms with Crippen LogP contribution < -0.4 is 0 Å². The zero-order valence-corrected chi connectivity index (χ0v) is 5.02. The summed E-state index contributed by atoms with van der Waals surface area (Å²) in [6, 6.07) is -0.877. The molecule has 0 radical (unpaired) electrons. The number of aliphatic imine (C=N–C) groups is 1. The number of hydrogen-bond acceptors (Lipinski definition) is 3. The highest BCUT2D eigenvalue weighted by Crippen LogP contribution is 1.97. The van der Waals surface area contributed by atoms with Crippen LogP contribution in [0, 0.1) is 0 Å². The Morgan fingerprint density at radius 1 is 1.70 bits per heavy atom. The minimum absolute atomic E-state index is 0.266. The first-order valence-corrected chi connectivity index (χ1v) is 2.68. The summed E-state index contributed by atoms with van der Waals surface area (Å²) in [6.45, 7) is 0. The monoisotopic (exact) mass is 139 g/mol. The van der Waals surface area contributed by atoms with Crippen molar-refractivity contribution in [2.45, 2.75) is 6.04 Å². The van der Waals surface area contributed by atoms with E-state index >= 15 is 0 Å². The number of nitrogens with zero attached hydrogens (tertiary/aromatic N) is 1. The molecular formula is C6H5NO3. The summed E-state index contributed by atoms with van der Waals surface area (Å²) in [4.78, 5) is 24.0. The lowest BCUT2D eigenvalue weighted by atomic mass is 10.2. The topological polar surface area (TPSA) is 66.7 Å². The number of hydrogen-bond donors (Lipinski definition) is 1. The molecule has 52 valence electrons. The molecule has 10 heavy (non-hydrogen) atoms. The Hall–Kier alpha value is -1.45. The lowest BCUT2D eigenvalue weighted by molar-refractivity contribution is -0.137. The normalized spacial score (nSPS) is 23.2. The summed E-state index contributed by atoms with van der Waals surface area (Å²) in [5.41, 5.74) is 0. The smallest absolute Gasteiger partial charge is 0.332 e. The summed E-state index contributed by atoms with van der Waals surface area (Å²) >= 11 is 0. The first-order chi connectivity index (χ1) is 4.70. The van der Waals surface area contributed by atoms with Gasteiger partial charge in [0.1, 0.15) is 0 Å². The fraction of sp³-hybridized carbons (Fsp3) is 0.167. The van der Waals surface area contributed by atoms with E-state index in [0.29, 0.717) is 0 Å². The second-order valence-electron chi connectivity index (χ2n) is 1.82. The molecule has 1 heterocycles. The Labute approximate surface area is 56.9 Å². The molecule has 1 N–H and O–H groups in total. The Balaban J connectivity index is 2.71. The zero-order valence-electron chi connectivity index (χ0n) is 5.02.